The Kier molecular flexibility index (Phi) is 5.50. The minimum atomic E-state index is -0.245. The summed E-state index contributed by atoms with van der Waals surface area (Å²) < 4.78 is 10.5. The Hall–Kier alpha value is -2.21. The maximum Gasteiger partial charge on any atom is 0.321 e. The Bertz CT molecular complexity index is 680. The molecule has 7 heteroatoms. The van der Waals surface area contributed by atoms with Crippen molar-refractivity contribution in [2.75, 3.05) is 19.0 Å². The van der Waals surface area contributed by atoms with E-state index < -0.39 is 0 Å². The van der Waals surface area contributed by atoms with E-state index in [0.717, 1.165) is 11.3 Å². The number of anilines is 1. The third-order valence-electron chi connectivity index (χ3n) is 3.41. The highest BCUT2D eigenvalue weighted by Gasteiger charge is 2.16. The summed E-state index contributed by atoms with van der Waals surface area (Å²) in [6, 6.07) is 4.90. The van der Waals surface area contributed by atoms with Crippen molar-refractivity contribution in [3.05, 3.63) is 40.2 Å². The summed E-state index contributed by atoms with van der Waals surface area (Å²) in [5.74, 6) is 1.31. The number of hydrogen-bond donors (Lipinski definition) is 1. The monoisotopic (exact) mass is 337 g/mol. The largest absolute Gasteiger partial charge is 0.492 e. The number of nitrogens with zero attached hydrogens (tertiary/aromatic N) is 2. The van der Waals surface area contributed by atoms with E-state index in [-0.39, 0.29) is 6.03 Å². The van der Waals surface area contributed by atoms with Crippen molar-refractivity contribution in [1.29, 1.82) is 0 Å². The molecule has 2 aromatic rings. The van der Waals surface area contributed by atoms with Crippen LogP contribution in [0.15, 0.2) is 22.7 Å². The van der Waals surface area contributed by atoms with Gasteiger partial charge in [-0.1, -0.05) is 16.8 Å². The Labute approximate surface area is 140 Å². The van der Waals surface area contributed by atoms with Crippen molar-refractivity contribution in [3.63, 3.8) is 0 Å². The van der Waals surface area contributed by atoms with E-state index in [1.54, 1.807) is 30.1 Å². The van der Waals surface area contributed by atoms with Gasteiger partial charge in [0.25, 0.3) is 0 Å². The first-order valence-electron chi connectivity index (χ1n) is 7.28. The molecule has 0 saturated carbocycles. The third kappa shape index (κ3) is 4.16. The summed E-state index contributed by atoms with van der Waals surface area (Å²) in [5.41, 5.74) is 2.30. The Balaban J connectivity index is 2.02. The molecule has 1 aromatic carbocycles. The van der Waals surface area contributed by atoms with Gasteiger partial charge in [-0.3, -0.25) is 0 Å². The highest BCUT2D eigenvalue weighted by atomic mass is 35.5. The Morgan fingerprint density at radius 1 is 1.43 bits per heavy atom. The molecule has 1 heterocycles. The number of hydrogen-bond acceptors (Lipinski definition) is 4. The predicted octanol–water partition coefficient (Wildman–Crippen LogP) is 4.01. The molecule has 0 fully saturated rings. The number of amides is 2. The molecule has 23 heavy (non-hydrogen) atoms. The summed E-state index contributed by atoms with van der Waals surface area (Å²) in [6.45, 7) is 6.51. The SMILES string of the molecule is CCOc1ccc(NC(=O)N(C)Cc2c(C)noc2C)cc1Cl. The van der Waals surface area contributed by atoms with E-state index >= 15 is 0 Å². The van der Waals surface area contributed by atoms with Gasteiger partial charge >= 0.3 is 6.03 Å². The molecular formula is C16H20ClN3O3. The van der Waals surface area contributed by atoms with Crippen LogP contribution in [0.2, 0.25) is 5.02 Å². The Morgan fingerprint density at radius 3 is 2.74 bits per heavy atom. The number of aryl methyl sites for hydroxylation is 2. The number of nitrogens with one attached hydrogen (secondary N) is 1. The van der Waals surface area contributed by atoms with Gasteiger partial charge in [0.05, 0.1) is 23.9 Å². The first-order valence-corrected chi connectivity index (χ1v) is 7.66. The second-order valence-corrected chi connectivity index (χ2v) is 5.57. The van der Waals surface area contributed by atoms with Gasteiger partial charge in [-0.25, -0.2) is 4.79 Å². The lowest BCUT2D eigenvalue weighted by atomic mass is 10.2. The quantitative estimate of drug-likeness (QED) is 0.895. The predicted molar refractivity (Wildman–Crippen MR) is 89.1 cm³/mol. The van der Waals surface area contributed by atoms with E-state index in [4.69, 9.17) is 20.9 Å². The molecular weight excluding hydrogens is 318 g/mol. The van der Waals surface area contributed by atoms with Crippen LogP contribution < -0.4 is 10.1 Å². The molecule has 0 aliphatic rings. The highest BCUT2D eigenvalue weighted by Crippen LogP contribution is 2.27. The van der Waals surface area contributed by atoms with Gasteiger partial charge in [0.1, 0.15) is 11.5 Å². The lowest BCUT2D eigenvalue weighted by Gasteiger charge is -2.18. The molecule has 2 rings (SSSR count). The zero-order valence-corrected chi connectivity index (χ0v) is 14.4. The summed E-state index contributed by atoms with van der Waals surface area (Å²) >= 11 is 6.12. The van der Waals surface area contributed by atoms with Crippen molar-refractivity contribution < 1.29 is 14.1 Å². The molecule has 0 atom stereocenters. The van der Waals surface area contributed by atoms with Crippen molar-refractivity contribution in [3.8, 4) is 5.75 Å². The minimum Gasteiger partial charge on any atom is -0.492 e. The fourth-order valence-electron chi connectivity index (χ4n) is 2.11. The third-order valence-corrected chi connectivity index (χ3v) is 3.70. The van der Waals surface area contributed by atoms with Gasteiger partial charge in [-0.05, 0) is 39.0 Å². The number of urea groups is 1. The molecule has 1 N–H and O–H groups in total. The van der Waals surface area contributed by atoms with Crippen molar-refractivity contribution in [2.24, 2.45) is 0 Å². The van der Waals surface area contributed by atoms with E-state index in [1.165, 1.54) is 0 Å². The topological polar surface area (TPSA) is 67.6 Å². The van der Waals surface area contributed by atoms with Crippen LogP contribution in [0.5, 0.6) is 5.75 Å². The van der Waals surface area contributed by atoms with Crippen molar-refractivity contribution >= 4 is 23.3 Å². The van der Waals surface area contributed by atoms with Crippen LogP contribution >= 0.6 is 11.6 Å². The van der Waals surface area contributed by atoms with E-state index in [2.05, 4.69) is 10.5 Å². The van der Waals surface area contributed by atoms with E-state index in [0.29, 0.717) is 35.4 Å². The van der Waals surface area contributed by atoms with Crippen LogP contribution in [-0.4, -0.2) is 29.7 Å². The van der Waals surface area contributed by atoms with Crippen LogP contribution in [0.1, 0.15) is 23.9 Å². The molecule has 0 spiro atoms. The van der Waals surface area contributed by atoms with Gasteiger partial charge < -0.3 is 19.5 Å². The lowest BCUT2D eigenvalue weighted by Crippen LogP contribution is -2.31. The molecule has 2 amide bonds. The zero-order valence-electron chi connectivity index (χ0n) is 13.6. The second kappa shape index (κ2) is 7.37. The number of benzene rings is 1. The van der Waals surface area contributed by atoms with Crippen LogP contribution in [0.4, 0.5) is 10.5 Å². The van der Waals surface area contributed by atoms with Crippen LogP contribution in [0.3, 0.4) is 0 Å². The fourth-order valence-corrected chi connectivity index (χ4v) is 2.34. The molecule has 6 nitrogen and oxygen atoms in total. The zero-order chi connectivity index (χ0) is 17.0. The summed E-state index contributed by atoms with van der Waals surface area (Å²) in [7, 11) is 1.71. The first-order chi connectivity index (χ1) is 10.9. The Morgan fingerprint density at radius 2 is 2.17 bits per heavy atom. The van der Waals surface area contributed by atoms with Crippen LogP contribution in [-0.2, 0) is 6.54 Å². The molecule has 0 unspecified atom stereocenters. The van der Waals surface area contributed by atoms with Gasteiger partial charge in [-0.15, -0.1) is 0 Å². The highest BCUT2D eigenvalue weighted by molar-refractivity contribution is 6.32. The summed E-state index contributed by atoms with van der Waals surface area (Å²) in [6.07, 6.45) is 0. The van der Waals surface area contributed by atoms with E-state index in [9.17, 15) is 4.79 Å². The molecule has 0 bridgehead atoms. The molecule has 124 valence electrons. The first kappa shape index (κ1) is 17.1. The van der Waals surface area contributed by atoms with Crippen LogP contribution in [0, 0.1) is 13.8 Å². The second-order valence-electron chi connectivity index (χ2n) is 5.17. The normalized spacial score (nSPS) is 10.5. The van der Waals surface area contributed by atoms with Gasteiger partial charge in [0, 0.05) is 18.3 Å². The van der Waals surface area contributed by atoms with E-state index in [1.807, 2.05) is 20.8 Å². The number of ether oxygens (including phenoxy) is 1. The number of carbonyl (C=O) groups is 1. The molecule has 1 aromatic heterocycles. The number of aromatic nitrogens is 1. The van der Waals surface area contributed by atoms with Crippen molar-refractivity contribution in [2.45, 2.75) is 27.3 Å². The smallest absolute Gasteiger partial charge is 0.321 e. The average molecular weight is 338 g/mol. The molecule has 0 saturated heterocycles. The summed E-state index contributed by atoms with van der Waals surface area (Å²) in [5, 5.41) is 7.14. The van der Waals surface area contributed by atoms with Crippen molar-refractivity contribution in [1.82, 2.24) is 10.1 Å². The maximum atomic E-state index is 12.3. The maximum absolute atomic E-state index is 12.3. The fraction of sp³-hybridized carbons (Fsp3) is 0.375. The number of rotatable bonds is 5. The number of carbonyl (C=O) groups excluding carboxylic acids is 1. The molecule has 0 aliphatic carbocycles. The number of halogens is 1. The molecule has 0 radical (unpaired) electrons. The lowest BCUT2D eigenvalue weighted by molar-refractivity contribution is 0.220. The van der Waals surface area contributed by atoms with Gasteiger partial charge in [0.15, 0.2) is 0 Å². The molecule has 0 aliphatic heterocycles. The minimum absolute atomic E-state index is 0.245. The van der Waals surface area contributed by atoms with Gasteiger partial charge in [-0.2, -0.15) is 0 Å². The summed E-state index contributed by atoms with van der Waals surface area (Å²) in [4.78, 5) is 13.8. The average Bonchev–Trinajstić information content (AvgIpc) is 2.82. The standard InChI is InChI=1S/C16H20ClN3O3/c1-5-22-15-7-6-12(8-14(15)17)18-16(21)20(4)9-13-10(2)19-23-11(13)3/h6-8H,5,9H2,1-4H3,(H,18,21). The van der Waals surface area contributed by atoms with Crippen LogP contribution in [0.25, 0.3) is 0 Å². The van der Waals surface area contributed by atoms with Gasteiger partial charge in [0.2, 0.25) is 0 Å².